The van der Waals surface area contributed by atoms with Crippen molar-refractivity contribution >= 4 is 48.6 Å². The molecule has 3 aromatic rings. The minimum absolute atomic E-state index is 0.826. The molecule has 64 valence electrons. The molecule has 2 heterocycles. The Labute approximate surface area is 87.8 Å². The first kappa shape index (κ1) is 7.74. The fraction of sp³-hybridized carbons (Fsp3) is 0. The normalized spacial score (nSPS) is 11.5. The number of aromatic nitrogens is 1. The fourth-order valence-electron chi connectivity index (χ4n) is 1.41. The minimum atomic E-state index is 0.826. The molecule has 0 bridgehead atoms. The largest absolute Gasteiger partial charge is 0.326 e. The third-order valence-corrected chi connectivity index (χ3v) is 4.38. The second-order valence-electron chi connectivity index (χ2n) is 2.73. The van der Waals surface area contributed by atoms with Gasteiger partial charge in [0.05, 0.1) is 5.38 Å². The number of thiazole rings is 2. The van der Waals surface area contributed by atoms with Crippen molar-refractivity contribution in [1.82, 2.24) is 0 Å². The number of halogens is 1. The molecule has 1 nitrogen and oxygen atoms in total. The number of hydrogen-bond acceptors (Lipinski definition) is 2. The van der Waals surface area contributed by atoms with Gasteiger partial charge in [-0.3, -0.25) is 0 Å². The highest BCUT2D eigenvalue weighted by atomic mass is 35.5. The van der Waals surface area contributed by atoms with E-state index in [9.17, 15) is 0 Å². The van der Waals surface area contributed by atoms with Gasteiger partial charge in [0.25, 0.3) is 0 Å². The van der Waals surface area contributed by atoms with Gasteiger partial charge in [0.15, 0.2) is 6.20 Å². The maximum absolute atomic E-state index is 6.12. The van der Waals surface area contributed by atoms with Crippen molar-refractivity contribution in [2.45, 2.75) is 0 Å². The van der Waals surface area contributed by atoms with E-state index in [0.29, 0.717) is 0 Å². The molecule has 0 spiro atoms. The number of para-hydroxylation sites is 1. The van der Waals surface area contributed by atoms with E-state index in [1.165, 1.54) is 8.84 Å². The van der Waals surface area contributed by atoms with E-state index < -0.39 is 0 Å². The quantitative estimate of drug-likeness (QED) is 0.518. The molecule has 0 amide bonds. The van der Waals surface area contributed by atoms with Gasteiger partial charge >= 0.3 is 4.14 Å². The van der Waals surface area contributed by atoms with Gasteiger partial charge in [-0.1, -0.05) is 40.3 Å². The lowest BCUT2D eigenvalue weighted by Crippen LogP contribution is -2.14. The van der Waals surface area contributed by atoms with Crippen LogP contribution in [0.3, 0.4) is 0 Å². The second kappa shape index (κ2) is 2.67. The topological polar surface area (TPSA) is 4.10 Å². The molecule has 0 aliphatic heterocycles. The zero-order chi connectivity index (χ0) is 8.84. The van der Waals surface area contributed by atoms with Gasteiger partial charge in [-0.05, 0) is 12.1 Å². The summed E-state index contributed by atoms with van der Waals surface area (Å²) in [5.41, 5.74) is 1.13. The van der Waals surface area contributed by atoms with E-state index in [0.717, 1.165) is 10.5 Å². The Balaban J connectivity index is 2.68. The van der Waals surface area contributed by atoms with Crippen LogP contribution in [0.1, 0.15) is 0 Å². The Morgan fingerprint density at radius 1 is 1.31 bits per heavy atom. The number of rotatable bonds is 0. The lowest BCUT2D eigenvalue weighted by molar-refractivity contribution is -0.472. The summed E-state index contributed by atoms with van der Waals surface area (Å²) in [5.74, 6) is 0. The molecule has 0 aliphatic carbocycles. The Kier molecular flexibility index (Phi) is 1.59. The van der Waals surface area contributed by atoms with Crippen molar-refractivity contribution in [1.29, 1.82) is 0 Å². The van der Waals surface area contributed by atoms with Crippen molar-refractivity contribution in [2.75, 3.05) is 0 Å². The van der Waals surface area contributed by atoms with Crippen LogP contribution < -0.4 is 4.40 Å². The number of nitrogens with zero attached hydrogens (tertiary/aromatic N) is 1. The van der Waals surface area contributed by atoms with Crippen LogP contribution in [0.2, 0.25) is 5.02 Å². The van der Waals surface area contributed by atoms with Gasteiger partial charge in [-0.15, -0.1) is 4.40 Å². The van der Waals surface area contributed by atoms with E-state index in [2.05, 4.69) is 22.0 Å². The molecule has 4 heteroatoms. The summed E-state index contributed by atoms with van der Waals surface area (Å²) in [6.07, 6.45) is 2.06. The van der Waals surface area contributed by atoms with E-state index >= 15 is 0 Å². The van der Waals surface area contributed by atoms with Crippen LogP contribution >= 0.6 is 34.3 Å². The Morgan fingerprint density at radius 3 is 3.15 bits per heavy atom. The maximum Gasteiger partial charge on any atom is 0.326 e. The highest BCUT2D eigenvalue weighted by Crippen LogP contribution is 2.28. The molecule has 3 rings (SSSR count). The van der Waals surface area contributed by atoms with Gasteiger partial charge in [-0.2, -0.15) is 0 Å². The van der Waals surface area contributed by atoms with Crippen LogP contribution in [-0.4, -0.2) is 0 Å². The van der Waals surface area contributed by atoms with Crippen molar-refractivity contribution in [3.8, 4) is 0 Å². The smallest absolute Gasteiger partial charge is 0.139 e. The molecular formula is C9H5ClNS2+. The third kappa shape index (κ3) is 1.01. The lowest BCUT2D eigenvalue weighted by Gasteiger charge is -1.85. The molecule has 0 aliphatic rings. The molecular weight excluding hydrogens is 222 g/mol. The Hall–Kier alpha value is -0.640. The standard InChI is InChI=1S/C9H5ClNS2/c10-6-2-1-3-7-8(6)11-4-5-12-9(11)13-7/h1-5H/q+1. The highest BCUT2D eigenvalue weighted by Gasteiger charge is 2.16. The van der Waals surface area contributed by atoms with Crippen LogP contribution in [0.4, 0.5) is 0 Å². The summed E-state index contributed by atoms with van der Waals surface area (Å²) in [6.45, 7) is 0. The number of fused-ring (bicyclic) bond motifs is 3. The number of hydrogen-bond donors (Lipinski definition) is 0. The second-order valence-corrected chi connectivity index (χ2v) is 5.32. The zero-order valence-corrected chi connectivity index (χ0v) is 8.92. The van der Waals surface area contributed by atoms with Gasteiger partial charge in [0, 0.05) is 0 Å². The summed E-state index contributed by atoms with van der Waals surface area (Å²) in [5, 5.41) is 2.90. The molecule has 0 N–H and O–H groups in total. The van der Waals surface area contributed by atoms with Gasteiger partial charge < -0.3 is 0 Å². The van der Waals surface area contributed by atoms with E-state index in [1.807, 2.05) is 12.1 Å². The summed E-state index contributed by atoms with van der Waals surface area (Å²) in [7, 11) is 0. The molecule has 0 atom stereocenters. The van der Waals surface area contributed by atoms with Crippen LogP contribution in [0.15, 0.2) is 29.8 Å². The van der Waals surface area contributed by atoms with Crippen LogP contribution in [0.25, 0.3) is 14.4 Å². The Bertz CT molecular complexity index is 581. The molecule has 0 saturated carbocycles. The summed E-state index contributed by atoms with van der Waals surface area (Å²) in [4.78, 5) is 0. The first-order chi connectivity index (χ1) is 6.36. The highest BCUT2D eigenvalue weighted by molar-refractivity contribution is 7.37. The first-order valence-electron chi connectivity index (χ1n) is 3.82. The van der Waals surface area contributed by atoms with Gasteiger partial charge in [0.1, 0.15) is 9.72 Å². The predicted molar refractivity (Wildman–Crippen MR) is 57.9 cm³/mol. The summed E-state index contributed by atoms with van der Waals surface area (Å²) < 4.78 is 4.68. The summed E-state index contributed by atoms with van der Waals surface area (Å²) >= 11 is 9.65. The van der Waals surface area contributed by atoms with Gasteiger partial charge in [-0.25, -0.2) is 0 Å². The zero-order valence-electron chi connectivity index (χ0n) is 6.53. The van der Waals surface area contributed by atoms with Crippen molar-refractivity contribution < 1.29 is 4.40 Å². The van der Waals surface area contributed by atoms with Crippen LogP contribution in [0.5, 0.6) is 0 Å². The predicted octanol–water partition coefficient (Wildman–Crippen LogP) is 3.35. The molecule has 0 unspecified atom stereocenters. The average Bonchev–Trinajstić information content (AvgIpc) is 2.62. The van der Waals surface area contributed by atoms with Crippen molar-refractivity contribution in [2.24, 2.45) is 0 Å². The molecule has 1 aromatic carbocycles. The SMILES string of the molecule is Clc1cccc2sc3scc[n+]3c12. The van der Waals surface area contributed by atoms with E-state index in [-0.39, 0.29) is 0 Å². The van der Waals surface area contributed by atoms with Crippen LogP contribution in [-0.2, 0) is 0 Å². The molecule has 0 fully saturated rings. The lowest BCUT2D eigenvalue weighted by atomic mass is 10.3. The van der Waals surface area contributed by atoms with Crippen LogP contribution in [0, 0.1) is 0 Å². The Morgan fingerprint density at radius 2 is 2.23 bits per heavy atom. The summed E-state index contributed by atoms with van der Waals surface area (Å²) in [6, 6.07) is 6.03. The molecule has 0 saturated heterocycles. The molecule has 0 radical (unpaired) electrons. The minimum Gasteiger partial charge on any atom is -0.139 e. The van der Waals surface area contributed by atoms with Crippen molar-refractivity contribution in [3.63, 3.8) is 0 Å². The van der Waals surface area contributed by atoms with E-state index in [1.54, 1.807) is 22.7 Å². The van der Waals surface area contributed by atoms with Gasteiger partial charge in [0.2, 0.25) is 5.52 Å². The first-order valence-corrected chi connectivity index (χ1v) is 5.89. The molecule has 2 aromatic heterocycles. The monoisotopic (exact) mass is 226 g/mol. The maximum atomic E-state index is 6.12. The fourth-order valence-corrected chi connectivity index (χ4v) is 3.82. The number of benzene rings is 1. The third-order valence-electron chi connectivity index (χ3n) is 1.96. The average molecular weight is 227 g/mol. The van der Waals surface area contributed by atoms with E-state index in [4.69, 9.17) is 11.6 Å². The molecule has 13 heavy (non-hydrogen) atoms. The van der Waals surface area contributed by atoms with Crippen molar-refractivity contribution in [3.05, 3.63) is 34.8 Å².